The Bertz CT molecular complexity index is 1450. The minimum atomic E-state index is -0.575. The van der Waals surface area contributed by atoms with Gasteiger partial charge in [-0.3, -0.25) is 4.90 Å². The van der Waals surface area contributed by atoms with Gasteiger partial charge in [0.2, 0.25) is 0 Å². The van der Waals surface area contributed by atoms with Crippen LogP contribution in [-0.4, -0.2) is 35.6 Å². The number of nitrogens with zero attached hydrogens (tertiary/aromatic N) is 3. The molecule has 7 nitrogen and oxygen atoms in total. The number of amidine groups is 2. The molecule has 7 heteroatoms. The van der Waals surface area contributed by atoms with Gasteiger partial charge in [0.25, 0.3) is 0 Å². The van der Waals surface area contributed by atoms with Crippen molar-refractivity contribution in [2.45, 2.75) is 13.1 Å². The van der Waals surface area contributed by atoms with Gasteiger partial charge in [-0.15, -0.1) is 0 Å². The summed E-state index contributed by atoms with van der Waals surface area (Å²) in [6.45, 7) is 2.37. The first kappa shape index (κ1) is 23.9. The highest BCUT2D eigenvalue weighted by molar-refractivity contribution is 6.20. The summed E-state index contributed by atoms with van der Waals surface area (Å²) in [5, 5.41) is 22.2. The second kappa shape index (κ2) is 10.5. The topological polar surface area (TPSA) is 86.9 Å². The molecule has 0 radical (unpaired) electrons. The van der Waals surface area contributed by atoms with Crippen LogP contribution in [0.3, 0.4) is 0 Å². The van der Waals surface area contributed by atoms with Crippen molar-refractivity contribution in [3.05, 3.63) is 114 Å². The fourth-order valence-electron chi connectivity index (χ4n) is 4.27. The van der Waals surface area contributed by atoms with Crippen molar-refractivity contribution in [3.8, 4) is 23.0 Å². The highest BCUT2D eigenvalue weighted by Crippen LogP contribution is 2.41. The number of aromatic hydroxyl groups is 2. The number of hydrogen-bond acceptors (Lipinski definition) is 7. The number of phenols is 2. The van der Waals surface area contributed by atoms with E-state index >= 15 is 0 Å². The molecule has 186 valence electrons. The number of methoxy groups -OCH3 is 1. The zero-order valence-corrected chi connectivity index (χ0v) is 20.6. The molecule has 0 aliphatic carbocycles. The first-order chi connectivity index (χ1) is 18.1. The zero-order chi connectivity index (χ0) is 25.8. The van der Waals surface area contributed by atoms with Gasteiger partial charge >= 0.3 is 0 Å². The summed E-state index contributed by atoms with van der Waals surface area (Å²) < 4.78 is 10.9. The molecule has 1 aliphatic rings. The van der Waals surface area contributed by atoms with Crippen LogP contribution in [0, 0.1) is 0 Å². The summed E-state index contributed by atoms with van der Waals surface area (Å²) in [6, 6.07) is 29.7. The first-order valence-electron chi connectivity index (χ1n) is 12.0. The fourth-order valence-corrected chi connectivity index (χ4v) is 4.27. The Morgan fingerprint density at radius 2 is 1.49 bits per heavy atom. The van der Waals surface area contributed by atoms with Gasteiger partial charge in [0.1, 0.15) is 28.8 Å². The number of rotatable bonds is 7. The normalized spacial score (nSPS) is 15.1. The molecule has 0 aromatic heterocycles. The summed E-state index contributed by atoms with van der Waals surface area (Å²) in [7, 11) is 1.54. The van der Waals surface area contributed by atoms with Crippen LogP contribution < -0.4 is 14.4 Å². The lowest BCUT2D eigenvalue weighted by atomic mass is 10.0. The Labute approximate surface area is 215 Å². The average molecular weight is 494 g/mol. The lowest BCUT2D eigenvalue weighted by Gasteiger charge is -2.36. The smallest absolute Gasteiger partial charge is 0.159 e. The minimum Gasteiger partial charge on any atom is -0.507 e. The standard InChI is InChI=1S/C30H27N3O4/c1-3-37-23-15-17-25(27(35)19-23)33-29(21-12-8-5-9-13-21)31-28(20-10-6-4-7-11-20)32-30(33)24-16-14-22(36-2)18-26(24)34/h4-19,29,34-35H,3H2,1-2H3. The number of benzene rings is 4. The first-order valence-corrected chi connectivity index (χ1v) is 12.0. The van der Waals surface area contributed by atoms with Crippen LogP contribution >= 0.6 is 0 Å². The van der Waals surface area contributed by atoms with Gasteiger partial charge in [-0.2, -0.15) is 0 Å². The number of phenolic OH excluding ortho intramolecular Hbond substituents is 2. The van der Waals surface area contributed by atoms with E-state index in [9.17, 15) is 10.2 Å². The van der Waals surface area contributed by atoms with Crippen LogP contribution in [0.1, 0.15) is 29.8 Å². The summed E-state index contributed by atoms with van der Waals surface area (Å²) in [5.74, 6) is 2.02. The molecule has 4 aromatic rings. The Kier molecular flexibility index (Phi) is 6.76. The van der Waals surface area contributed by atoms with E-state index < -0.39 is 6.17 Å². The van der Waals surface area contributed by atoms with Crippen LogP contribution in [-0.2, 0) is 0 Å². The van der Waals surface area contributed by atoms with Crippen molar-refractivity contribution >= 4 is 17.4 Å². The molecule has 0 fully saturated rings. The van der Waals surface area contributed by atoms with E-state index in [2.05, 4.69) is 0 Å². The molecule has 2 N–H and O–H groups in total. The van der Waals surface area contributed by atoms with Gasteiger partial charge in [-0.25, -0.2) is 9.98 Å². The van der Waals surface area contributed by atoms with Gasteiger partial charge in [-0.05, 0) is 36.8 Å². The molecule has 0 bridgehead atoms. The van der Waals surface area contributed by atoms with Crippen molar-refractivity contribution in [2.75, 3.05) is 18.6 Å². The molecule has 1 atom stereocenters. The second-order valence-corrected chi connectivity index (χ2v) is 8.38. The monoisotopic (exact) mass is 493 g/mol. The molecule has 0 saturated heterocycles. The number of anilines is 1. The molecule has 1 aliphatic heterocycles. The van der Waals surface area contributed by atoms with Gasteiger partial charge in [-0.1, -0.05) is 60.7 Å². The Hall–Kier alpha value is -4.78. The van der Waals surface area contributed by atoms with Crippen LogP contribution in [0.25, 0.3) is 0 Å². The van der Waals surface area contributed by atoms with E-state index in [-0.39, 0.29) is 11.5 Å². The summed E-state index contributed by atoms with van der Waals surface area (Å²) >= 11 is 0. The van der Waals surface area contributed by atoms with E-state index in [0.29, 0.717) is 41.0 Å². The number of aliphatic imine (C=N–C) groups is 2. The largest absolute Gasteiger partial charge is 0.507 e. The molecule has 5 rings (SSSR count). The third-order valence-electron chi connectivity index (χ3n) is 6.02. The van der Waals surface area contributed by atoms with Gasteiger partial charge < -0.3 is 19.7 Å². The maximum Gasteiger partial charge on any atom is 0.159 e. The van der Waals surface area contributed by atoms with E-state index in [1.54, 1.807) is 43.5 Å². The van der Waals surface area contributed by atoms with E-state index in [4.69, 9.17) is 19.5 Å². The molecular weight excluding hydrogens is 466 g/mol. The third kappa shape index (κ3) is 4.84. The second-order valence-electron chi connectivity index (χ2n) is 8.38. The molecule has 0 amide bonds. The summed E-state index contributed by atoms with van der Waals surface area (Å²) in [5.41, 5.74) is 2.68. The Morgan fingerprint density at radius 1 is 0.811 bits per heavy atom. The maximum absolute atomic E-state index is 11.1. The predicted molar refractivity (Wildman–Crippen MR) is 145 cm³/mol. The molecule has 37 heavy (non-hydrogen) atoms. The van der Waals surface area contributed by atoms with Crippen LogP contribution in [0.15, 0.2) is 107 Å². The predicted octanol–water partition coefficient (Wildman–Crippen LogP) is 5.92. The van der Waals surface area contributed by atoms with Gasteiger partial charge in [0.05, 0.1) is 25.0 Å². The van der Waals surface area contributed by atoms with Crippen molar-refractivity contribution in [1.29, 1.82) is 0 Å². The molecule has 0 spiro atoms. The third-order valence-corrected chi connectivity index (χ3v) is 6.02. The molecule has 4 aromatic carbocycles. The fraction of sp³-hybridized carbons (Fsp3) is 0.133. The van der Waals surface area contributed by atoms with Crippen LogP contribution in [0.4, 0.5) is 5.69 Å². The van der Waals surface area contributed by atoms with Crippen LogP contribution in [0.5, 0.6) is 23.0 Å². The van der Waals surface area contributed by atoms with Crippen molar-refractivity contribution in [2.24, 2.45) is 9.98 Å². The number of ether oxygens (including phenoxy) is 2. The molecule has 1 unspecified atom stereocenters. The lowest BCUT2D eigenvalue weighted by Crippen LogP contribution is -2.39. The highest BCUT2D eigenvalue weighted by atomic mass is 16.5. The Morgan fingerprint density at radius 3 is 2.14 bits per heavy atom. The van der Waals surface area contributed by atoms with Gasteiger partial charge in [0, 0.05) is 17.7 Å². The molecule has 1 heterocycles. The molecular formula is C30H27N3O4. The van der Waals surface area contributed by atoms with E-state index in [1.165, 1.54) is 0 Å². The SMILES string of the molecule is CCOc1ccc(N2C(c3ccc(OC)cc3O)=NC(c3ccccc3)=NC2c2ccccc2)c(O)c1. The summed E-state index contributed by atoms with van der Waals surface area (Å²) in [6.07, 6.45) is -0.575. The van der Waals surface area contributed by atoms with E-state index in [0.717, 1.165) is 11.1 Å². The maximum atomic E-state index is 11.1. The van der Waals surface area contributed by atoms with Crippen molar-refractivity contribution in [3.63, 3.8) is 0 Å². The Balaban J connectivity index is 1.75. The summed E-state index contributed by atoms with van der Waals surface area (Å²) in [4.78, 5) is 11.8. The van der Waals surface area contributed by atoms with Crippen molar-refractivity contribution in [1.82, 2.24) is 0 Å². The quantitative estimate of drug-likeness (QED) is 0.334. The van der Waals surface area contributed by atoms with Crippen LogP contribution in [0.2, 0.25) is 0 Å². The lowest BCUT2D eigenvalue weighted by molar-refractivity contribution is 0.337. The zero-order valence-electron chi connectivity index (χ0n) is 20.6. The minimum absolute atomic E-state index is 0.00495. The molecule has 0 saturated carbocycles. The number of hydrogen-bond donors (Lipinski definition) is 2. The van der Waals surface area contributed by atoms with Gasteiger partial charge in [0.15, 0.2) is 12.0 Å². The average Bonchev–Trinajstić information content (AvgIpc) is 2.94. The van der Waals surface area contributed by atoms with E-state index in [1.807, 2.05) is 72.5 Å². The van der Waals surface area contributed by atoms with Crippen molar-refractivity contribution < 1.29 is 19.7 Å². The highest BCUT2D eigenvalue weighted by Gasteiger charge is 2.33.